The Labute approximate surface area is 104 Å². The summed E-state index contributed by atoms with van der Waals surface area (Å²) < 4.78 is 5.66. The molecular weight excluding hydrogens is 216 g/mol. The van der Waals surface area contributed by atoms with Gasteiger partial charge in [-0.2, -0.15) is 0 Å². The van der Waals surface area contributed by atoms with Crippen molar-refractivity contribution in [2.24, 2.45) is 5.92 Å². The van der Waals surface area contributed by atoms with Crippen LogP contribution >= 0.6 is 0 Å². The molecule has 1 amide bonds. The number of nitrogens with one attached hydrogen (secondary N) is 1. The minimum Gasteiger partial charge on any atom is -0.372 e. The first kappa shape index (κ1) is 12.8. The van der Waals surface area contributed by atoms with Gasteiger partial charge in [0.15, 0.2) is 0 Å². The Balaban J connectivity index is 1.90. The third kappa shape index (κ3) is 3.19. The molecule has 0 aliphatic carbocycles. The summed E-state index contributed by atoms with van der Waals surface area (Å²) in [7, 11) is 0. The fourth-order valence-corrected chi connectivity index (χ4v) is 2.83. The topological polar surface area (TPSA) is 41.6 Å². The first-order chi connectivity index (χ1) is 8.06. The molecule has 2 unspecified atom stereocenters. The van der Waals surface area contributed by atoms with Gasteiger partial charge in [0.2, 0.25) is 5.91 Å². The molecule has 0 aromatic carbocycles. The van der Waals surface area contributed by atoms with Crippen molar-refractivity contribution < 1.29 is 9.53 Å². The Morgan fingerprint density at radius 1 is 1.18 bits per heavy atom. The van der Waals surface area contributed by atoms with Crippen molar-refractivity contribution >= 4 is 5.91 Å². The lowest BCUT2D eigenvalue weighted by atomic mass is 9.94. The zero-order valence-corrected chi connectivity index (χ0v) is 11.1. The lowest BCUT2D eigenvalue weighted by Gasteiger charge is -2.38. The van der Waals surface area contributed by atoms with Crippen LogP contribution in [0, 0.1) is 5.92 Å². The van der Waals surface area contributed by atoms with Crippen LogP contribution in [0.3, 0.4) is 0 Å². The molecule has 2 aliphatic heterocycles. The van der Waals surface area contributed by atoms with E-state index in [-0.39, 0.29) is 18.1 Å². The van der Waals surface area contributed by atoms with Crippen LogP contribution in [-0.2, 0) is 9.53 Å². The number of hydrogen-bond donors (Lipinski definition) is 1. The van der Waals surface area contributed by atoms with E-state index in [1.54, 1.807) is 0 Å². The number of hydrogen-bond acceptors (Lipinski definition) is 3. The summed E-state index contributed by atoms with van der Waals surface area (Å²) in [6.45, 7) is 8.58. The number of piperidine rings is 1. The summed E-state index contributed by atoms with van der Waals surface area (Å²) in [5.41, 5.74) is 0. The predicted octanol–water partition coefficient (Wildman–Crippen LogP) is 1.01. The highest BCUT2D eigenvalue weighted by Gasteiger charge is 2.32. The fourth-order valence-electron chi connectivity index (χ4n) is 2.83. The summed E-state index contributed by atoms with van der Waals surface area (Å²) in [6.07, 6.45) is 2.45. The average Bonchev–Trinajstić information content (AvgIpc) is 2.28. The van der Waals surface area contributed by atoms with E-state index in [1.807, 2.05) is 18.7 Å². The van der Waals surface area contributed by atoms with E-state index in [2.05, 4.69) is 12.2 Å². The molecule has 2 saturated heterocycles. The van der Waals surface area contributed by atoms with Gasteiger partial charge in [-0.3, -0.25) is 4.79 Å². The Bertz CT molecular complexity index is 265. The van der Waals surface area contributed by atoms with E-state index >= 15 is 0 Å². The molecule has 0 spiro atoms. The SMILES string of the molecule is CC1CCC(C(=O)N2C[C@@H](C)O[C@@H](C)C2)CN1. The van der Waals surface area contributed by atoms with Gasteiger partial charge in [0.25, 0.3) is 0 Å². The number of amides is 1. The predicted molar refractivity (Wildman–Crippen MR) is 66.8 cm³/mol. The molecule has 2 heterocycles. The van der Waals surface area contributed by atoms with Crippen molar-refractivity contribution in [3.8, 4) is 0 Å². The van der Waals surface area contributed by atoms with Crippen LogP contribution in [0.15, 0.2) is 0 Å². The van der Waals surface area contributed by atoms with Gasteiger partial charge in [0.05, 0.1) is 18.1 Å². The van der Waals surface area contributed by atoms with Crippen molar-refractivity contribution in [3.05, 3.63) is 0 Å². The molecule has 4 nitrogen and oxygen atoms in total. The monoisotopic (exact) mass is 240 g/mol. The average molecular weight is 240 g/mol. The van der Waals surface area contributed by atoms with Crippen LogP contribution < -0.4 is 5.32 Å². The largest absolute Gasteiger partial charge is 0.372 e. The zero-order valence-electron chi connectivity index (χ0n) is 11.1. The number of carbonyl (C=O) groups is 1. The Morgan fingerprint density at radius 3 is 2.35 bits per heavy atom. The van der Waals surface area contributed by atoms with Crippen LogP contribution in [0.4, 0.5) is 0 Å². The van der Waals surface area contributed by atoms with Gasteiger partial charge in [0.1, 0.15) is 0 Å². The van der Waals surface area contributed by atoms with Crippen LogP contribution in [0.5, 0.6) is 0 Å². The summed E-state index contributed by atoms with van der Waals surface area (Å²) >= 11 is 0. The maximum Gasteiger partial charge on any atom is 0.227 e. The third-order valence-corrected chi connectivity index (χ3v) is 3.74. The van der Waals surface area contributed by atoms with Gasteiger partial charge in [0, 0.05) is 25.7 Å². The molecule has 4 heteroatoms. The molecule has 1 N–H and O–H groups in total. The molecule has 2 rings (SSSR count). The van der Waals surface area contributed by atoms with Gasteiger partial charge < -0.3 is 15.0 Å². The first-order valence-electron chi connectivity index (χ1n) is 6.74. The Kier molecular flexibility index (Phi) is 4.05. The van der Waals surface area contributed by atoms with E-state index in [9.17, 15) is 4.79 Å². The highest BCUT2D eigenvalue weighted by Crippen LogP contribution is 2.19. The lowest BCUT2D eigenvalue weighted by molar-refractivity contribution is -0.148. The normalized spacial score (nSPS) is 39.1. The summed E-state index contributed by atoms with van der Waals surface area (Å²) in [6, 6.07) is 0.557. The van der Waals surface area contributed by atoms with Gasteiger partial charge in [-0.1, -0.05) is 0 Å². The number of carbonyl (C=O) groups excluding carboxylic acids is 1. The lowest BCUT2D eigenvalue weighted by Crippen LogP contribution is -2.52. The molecule has 2 aliphatic rings. The van der Waals surface area contributed by atoms with Crippen LogP contribution in [-0.4, -0.2) is 48.7 Å². The first-order valence-corrected chi connectivity index (χ1v) is 6.74. The van der Waals surface area contributed by atoms with Crippen LogP contribution in [0.2, 0.25) is 0 Å². The molecule has 0 radical (unpaired) electrons. The van der Waals surface area contributed by atoms with Crippen molar-refractivity contribution in [2.75, 3.05) is 19.6 Å². The molecule has 0 bridgehead atoms. The molecule has 4 atom stereocenters. The molecular formula is C13H24N2O2. The van der Waals surface area contributed by atoms with Crippen molar-refractivity contribution in [3.63, 3.8) is 0 Å². The highest BCUT2D eigenvalue weighted by atomic mass is 16.5. The molecule has 0 aromatic heterocycles. The van der Waals surface area contributed by atoms with Crippen molar-refractivity contribution in [1.29, 1.82) is 0 Å². The standard InChI is InChI=1S/C13H24N2O2/c1-9-4-5-12(6-14-9)13(16)15-7-10(2)17-11(3)8-15/h9-12,14H,4-8H2,1-3H3/t9?,10-,11+,12?. The van der Waals surface area contributed by atoms with E-state index in [4.69, 9.17) is 4.74 Å². The summed E-state index contributed by atoms with van der Waals surface area (Å²) in [4.78, 5) is 14.4. The maximum absolute atomic E-state index is 12.4. The third-order valence-electron chi connectivity index (χ3n) is 3.74. The zero-order chi connectivity index (χ0) is 12.4. The Hall–Kier alpha value is -0.610. The summed E-state index contributed by atoms with van der Waals surface area (Å²) in [5, 5.41) is 3.40. The van der Waals surface area contributed by atoms with Gasteiger partial charge >= 0.3 is 0 Å². The molecule has 17 heavy (non-hydrogen) atoms. The van der Waals surface area contributed by atoms with Crippen LogP contribution in [0.1, 0.15) is 33.6 Å². The smallest absolute Gasteiger partial charge is 0.227 e. The molecule has 0 aromatic rings. The van der Waals surface area contributed by atoms with E-state index in [0.717, 1.165) is 32.5 Å². The second-order valence-electron chi connectivity index (χ2n) is 5.58. The summed E-state index contributed by atoms with van der Waals surface area (Å²) in [5.74, 6) is 0.482. The van der Waals surface area contributed by atoms with Crippen LogP contribution in [0.25, 0.3) is 0 Å². The van der Waals surface area contributed by atoms with Gasteiger partial charge in [-0.25, -0.2) is 0 Å². The second-order valence-corrected chi connectivity index (χ2v) is 5.58. The number of morpholine rings is 1. The van der Waals surface area contributed by atoms with Crippen molar-refractivity contribution in [1.82, 2.24) is 10.2 Å². The molecule has 98 valence electrons. The second kappa shape index (κ2) is 5.36. The van der Waals surface area contributed by atoms with Crippen molar-refractivity contribution in [2.45, 2.75) is 51.9 Å². The quantitative estimate of drug-likeness (QED) is 0.744. The maximum atomic E-state index is 12.4. The number of rotatable bonds is 1. The minimum atomic E-state index is 0.165. The number of nitrogens with zero attached hydrogens (tertiary/aromatic N) is 1. The molecule has 0 saturated carbocycles. The number of ether oxygens (including phenoxy) is 1. The van der Waals surface area contributed by atoms with E-state index in [1.165, 1.54) is 0 Å². The Morgan fingerprint density at radius 2 is 1.82 bits per heavy atom. The minimum absolute atomic E-state index is 0.165. The van der Waals surface area contributed by atoms with Gasteiger partial charge in [-0.05, 0) is 33.6 Å². The fraction of sp³-hybridized carbons (Fsp3) is 0.923. The van der Waals surface area contributed by atoms with Gasteiger partial charge in [-0.15, -0.1) is 0 Å². The van der Waals surface area contributed by atoms with E-state index < -0.39 is 0 Å². The van der Waals surface area contributed by atoms with E-state index in [0.29, 0.717) is 11.9 Å². The molecule has 2 fully saturated rings. The highest BCUT2D eigenvalue weighted by molar-refractivity contribution is 5.79.